The molecule has 2 aliphatic carbocycles. The van der Waals surface area contributed by atoms with Gasteiger partial charge < -0.3 is 5.32 Å². The van der Waals surface area contributed by atoms with Gasteiger partial charge in [0, 0.05) is 17.5 Å². The summed E-state index contributed by atoms with van der Waals surface area (Å²) in [6.45, 7) is 4.80. The summed E-state index contributed by atoms with van der Waals surface area (Å²) in [7, 11) is 0. The fourth-order valence-corrected chi connectivity index (χ4v) is 5.39. The van der Waals surface area contributed by atoms with E-state index < -0.39 is 0 Å². The number of benzene rings is 3. The molecule has 1 N–H and O–H groups in total. The molecule has 0 saturated carbocycles. The first-order valence-electron chi connectivity index (χ1n) is 10.1. The summed E-state index contributed by atoms with van der Waals surface area (Å²) in [5.41, 5.74) is 12.6. The summed E-state index contributed by atoms with van der Waals surface area (Å²) >= 11 is 0. The Labute approximate surface area is 166 Å². The second-order valence-corrected chi connectivity index (χ2v) is 8.70. The normalized spacial score (nSPS) is 20.6. The van der Waals surface area contributed by atoms with Crippen LogP contribution in [0, 0.1) is 5.41 Å². The highest BCUT2D eigenvalue weighted by Crippen LogP contribution is 2.57. The first-order valence-corrected chi connectivity index (χ1v) is 10.1. The largest absolute Gasteiger partial charge is 0.377 e. The number of nitrogens with one attached hydrogen (secondary N) is 1. The van der Waals surface area contributed by atoms with E-state index in [0.717, 1.165) is 6.42 Å². The van der Waals surface area contributed by atoms with E-state index in [4.69, 9.17) is 0 Å². The summed E-state index contributed by atoms with van der Waals surface area (Å²) in [5, 5.41) is 3.91. The molecule has 1 unspecified atom stereocenters. The summed E-state index contributed by atoms with van der Waals surface area (Å²) in [6.07, 6.45) is 3.42. The Morgan fingerprint density at radius 3 is 2.50 bits per heavy atom. The van der Waals surface area contributed by atoms with E-state index in [1.54, 1.807) is 0 Å². The van der Waals surface area contributed by atoms with Gasteiger partial charge in [0.15, 0.2) is 0 Å². The fourth-order valence-electron chi connectivity index (χ4n) is 5.39. The Balaban J connectivity index is 1.50. The molecule has 0 bridgehead atoms. The van der Waals surface area contributed by atoms with Crippen LogP contribution in [0.15, 0.2) is 84.1 Å². The van der Waals surface area contributed by atoms with Crippen molar-refractivity contribution in [3.05, 3.63) is 106 Å². The summed E-state index contributed by atoms with van der Waals surface area (Å²) < 4.78 is 0. The van der Waals surface area contributed by atoms with Gasteiger partial charge in [0.25, 0.3) is 0 Å². The molecule has 136 valence electrons. The number of fused-ring (bicyclic) bond motifs is 5. The van der Waals surface area contributed by atoms with Crippen LogP contribution in [0.3, 0.4) is 0 Å². The third-order valence-corrected chi connectivity index (χ3v) is 6.75. The highest BCUT2D eigenvalue weighted by atomic mass is 15.0. The van der Waals surface area contributed by atoms with Crippen molar-refractivity contribution in [3.63, 3.8) is 0 Å². The number of allylic oxidation sites excluding steroid dienone is 2. The summed E-state index contributed by atoms with van der Waals surface area (Å²) in [5.74, 6) is 0. The molecule has 1 aliphatic heterocycles. The SMILES string of the molecule is CC1(C)C2=Cc3ccccc3C2NC2=C1c1cc(-c3ccccc3)ccc1C2. The van der Waals surface area contributed by atoms with Crippen molar-refractivity contribution in [2.75, 3.05) is 0 Å². The molecular formula is C27H23N. The lowest BCUT2D eigenvalue weighted by atomic mass is 9.70. The Hall–Kier alpha value is -3.06. The Kier molecular flexibility index (Phi) is 3.12. The van der Waals surface area contributed by atoms with Crippen LogP contribution in [0.5, 0.6) is 0 Å². The minimum atomic E-state index is 0.0187. The molecule has 0 radical (unpaired) electrons. The average molecular weight is 361 g/mol. The van der Waals surface area contributed by atoms with Gasteiger partial charge in [-0.15, -0.1) is 0 Å². The molecule has 3 aliphatic rings. The molecule has 3 aromatic rings. The first kappa shape index (κ1) is 15.9. The third kappa shape index (κ3) is 2.08. The standard InChI is InChI=1S/C27H23N/c1-27(2)23-15-19-10-6-7-11-21(19)26(23)28-24-16-20-13-12-18(14-22(20)25(24)27)17-8-4-3-5-9-17/h3-15,26,28H,16H2,1-2H3. The molecule has 1 heterocycles. The van der Waals surface area contributed by atoms with Crippen LogP contribution in [-0.2, 0) is 6.42 Å². The van der Waals surface area contributed by atoms with E-state index in [1.165, 1.54) is 50.2 Å². The Morgan fingerprint density at radius 2 is 1.64 bits per heavy atom. The minimum absolute atomic E-state index is 0.0187. The molecule has 6 rings (SSSR count). The smallest absolute Gasteiger partial charge is 0.0742 e. The summed E-state index contributed by atoms with van der Waals surface area (Å²) in [6, 6.07) is 26.8. The van der Waals surface area contributed by atoms with Crippen LogP contribution in [0.2, 0.25) is 0 Å². The van der Waals surface area contributed by atoms with Crippen LogP contribution < -0.4 is 5.32 Å². The maximum atomic E-state index is 3.91. The van der Waals surface area contributed by atoms with Gasteiger partial charge >= 0.3 is 0 Å². The van der Waals surface area contributed by atoms with Gasteiger partial charge in [0.1, 0.15) is 0 Å². The van der Waals surface area contributed by atoms with E-state index >= 15 is 0 Å². The Morgan fingerprint density at radius 1 is 0.857 bits per heavy atom. The number of hydrogen-bond acceptors (Lipinski definition) is 1. The molecule has 1 nitrogen and oxygen atoms in total. The van der Waals surface area contributed by atoms with Gasteiger partial charge in [-0.2, -0.15) is 0 Å². The highest BCUT2D eigenvalue weighted by molar-refractivity contribution is 5.88. The molecule has 0 saturated heterocycles. The predicted octanol–water partition coefficient (Wildman–Crippen LogP) is 6.39. The molecule has 0 fully saturated rings. The molecule has 1 atom stereocenters. The van der Waals surface area contributed by atoms with E-state index in [0.29, 0.717) is 6.04 Å². The first-order chi connectivity index (χ1) is 13.6. The predicted molar refractivity (Wildman–Crippen MR) is 117 cm³/mol. The maximum Gasteiger partial charge on any atom is 0.0742 e. The van der Waals surface area contributed by atoms with Gasteiger partial charge in [-0.05, 0) is 50.6 Å². The van der Waals surface area contributed by atoms with Crippen LogP contribution in [0.4, 0.5) is 0 Å². The van der Waals surface area contributed by atoms with Crippen LogP contribution in [0.1, 0.15) is 42.1 Å². The quantitative estimate of drug-likeness (QED) is 0.529. The van der Waals surface area contributed by atoms with E-state index in [2.05, 4.69) is 98.0 Å². The van der Waals surface area contributed by atoms with Gasteiger partial charge in [-0.1, -0.05) is 86.7 Å². The fraction of sp³-hybridized carbons (Fsp3) is 0.185. The van der Waals surface area contributed by atoms with Crippen molar-refractivity contribution < 1.29 is 0 Å². The van der Waals surface area contributed by atoms with Crippen molar-refractivity contribution in [2.45, 2.75) is 26.3 Å². The Bertz CT molecular complexity index is 1180. The van der Waals surface area contributed by atoms with Crippen LogP contribution >= 0.6 is 0 Å². The zero-order valence-corrected chi connectivity index (χ0v) is 16.3. The summed E-state index contributed by atoms with van der Waals surface area (Å²) in [4.78, 5) is 0. The molecule has 28 heavy (non-hydrogen) atoms. The maximum absolute atomic E-state index is 3.91. The van der Waals surface area contributed by atoms with Crippen molar-refractivity contribution in [2.24, 2.45) is 5.41 Å². The van der Waals surface area contributed by atoms with Crippen molar-refractivity contribution >= 4 is 11.6 Å². The lowest BCUT2D eigenvalue weighted by Gasteiger charge is -2.40. The number of hydrogen-bond donors (Lipinski definition) is 1. The van der Waals surface area contributed by atoms with Crippen molar-refractivity contribution in [1.82, 2.24) is 5.32 Å². The van der Waals surface area contributed by atoms with Crippen molar-refractivity contribution in [1.29, 1.82) is 0 Å². The second kappa shape index (κ2) is 5.48. The van der Waals surface area contributed by atoms with Gasteiger partial charge in [-0.3, -0.25) is 0 Å². The van der Waals surface area contributed by atoms with Crippen molar-refractivity contribution in [3.8, 4) is 11.1 Å². The molecule has 0 spiro atoms. The zero-order chi connectivity index (χ0) is 18.9. The lowest BCUT2D eigenvalue weighted by Crippen LogP contribution is -2.34. The molecule has 1 heteroatoms. The minimum Gasteiger partial charge on any atom is -0.377 e. The monoisotopic (exact) mass is 361 g/mol. The van der Waals surface area contributed by atoms with Crippen LogP contribution in [-0.4, -0.2) is 0 Å². The van der Waals surface area contributed by atoms with E-state index in [-0.39, 0.29) is 5.41 Å². The molecular weight excluding hydrogens is 338 g/mol. The second-order valence-electron chi connectivity index (χ2n) is 8.70. The third-order valence-electron chi connectivity index (χ3n) is 6.75. The number of rotatable bonds is 1. The van der Waals surface area contributed by atoms with E-state index in [9.17, 15) is 0 Å². The molecule has 3 aromatic carbocycles. The molecule has 0 amide bonds. The molecule has 0 aromatic heterocycles. The van der Waals surface area contributed by atoms with E-state index in [1.807, 2.05) is 0 Å². The lowest BCUT2D eigenvalue weighted by molar-refractivity contribution is 0.490. The zero-order valence-electron chi connectivity index (χ0n) is 16.3. The van der Waals surface area contributed by atoms with Gasteiger partial charge in [0.2, 0.25) is 0 Å². The van der Waals surface area contributed by atoms with Gasteiger partial charge in [-0.25, -0.2) is 0 Å². The average Bonchev–Trinajstić information content (AvgIpc) is 3.28. The highest BCUT2D eigenvalue weighted by Gasteiger charge is 2.45. The topological polar surface area (TPSA) is 12.0 Å². The van der Waals surface area contributed by atoms with Gasteiger partial charge in [0.05, 0.1) is 6.04 Å². The van der Waals surface area contributed by atoms with Crippen LogP contribution in [0.25, 0.3) is 22.8 Å².